The fourth-order valence-corrected chi connectivity index (χ4v) is 9.89. The first-order valence-electron chi connectivity index (χ1n) is 15.9. The van der Waals surface area contributed by atoms with E-state index < -0.39 is 0 Å². The van der Waals surface area contributed by atoms with Crippen molar-refractivity contribution in [1.29, 1.82) is 0 Å². The SMILES string of the molecule is CCC1CCC2C3CC(OCOc4ccc(N)cc4)C4CC(OC(=O)c5ccc(N)cc5)CCC4(C)C3CCC12C. The van der Waals surface area contributed by atoms with Crippen LogP contribution in [0.25, 0.3) is 0 Å². The molecule has 0 amide bonds. The predicted molar refractivity (Wildman–Crippen MR) is 162 cm³/mol. The molecule has 6 nitrogen and oxygen atoms in total. The van der Waals surface area contributed by atoms with E-state index in [1.165, 1.54) is 32.1 Å². The summed E-state index contributed by atoms with van der Waals surface area (Å²) >= 11 is 0. The highest BCUT2D eigenvalue weighted by molar-refractivity contribution is 5.89. The lowest BCUT2D eigenvalue weighted by Crippen LogP contribution is -2.59. The molecule has 4 N–H and O–H groups in total. The van der Waals surface area contributed by atoms with Gasteiger partial charge in [0.05, 0.1) is 11.7 Å². The lowest BCUT2D eigenvalue weighted by atomic mass is 9.44. The van der Waals surface area contributed by atoms with Crippen molar-refractivity contribution in [2.45, 2.75) is 90.8 Å². The Kier molecular flexibility index (Phi) is 7.73. The molecule has 0 bridgehead atoms. The van der Waals surface area contributed by atoms with E-state index in [4.69, 9.17) is 25.7 Å². The summed E-state index contributed by atoms with van der Waals surface area (Å²) in [5, 5.41) is 0. The number of nitrogens with two attached hydrogens (primary N) is 2. The average Bonchev–Trinajstić information content (AvgIpc) is 3.31. The quantitative estimate of drug-likeness (QED) is 0.207. The maximum Gasteiger partial charge on any atom is 0.338 e. The van der Waals surface area contributed by atoms with Gasteiger partial charge in [-0.3, -0.25) is 0 Å². The second-order valence-electron chi connectivity index (χ2n) is 13.9. The minimum atomic E-state index is -0.263. The Morgan fingerprint density at radius 2 is 1.49 bits per heavy atom. The molecule has 222 valence electrons. The molecule has 0 saturated heterocycles. The molecule has 6 rings (SSSR count). The van der Waals surface area contributed by atoms with E-state index in [2.05, 4.69) is 20.8 Å². The highest BCUT2D eigenvalue weighted by Gasteiger charge is 2.62. The predicted octanol–water partition coefficient (Wildman–Crippen LogP) is 7.48. The number of hydrogen-bond acceptors (Lipinski definition) is 6. The molecule has 0 spiro atoms. The standard InChI is InChI=1S/C35H48N2O4/c1-4-23-7-14-29-28-20-32(40-21-39-26-12-10-25(37)11-13-26)31-19-27(41-33(38)22-5-8-24(36)9-6-22)15-17-35(31,3)30(28)16-18-34(23,29)2/h5-6,8-13,23,27-32H,4,7,14-21,36-37H2,1-3H3. The van der Waals surface area contributed by atoms with Crippen molar-refractivity contribution in [3.63, 3.8) is 0 Å². The van der Waals surface area contributed by atoms with Gasteiger partial charge in [0.1, 0.15) is 11.9 Å². The number of anilines is 2. The molecule has 9 unspecified atom stereocenters. The summed E-state index contributed by atoms with van der Waals surface area (Å²) in [4.78, 5) is 13.0. The second kappa shape index (κ2) is 11.2. The van der Waals surface area contributed by atoms with Gasteiger partial charge >= 0.3 is 5.97 Å². The van der Waals surface area contributed by atoms with Gasteiger partial charge in [-0.25, -0.2) is 4.79 Å². The lowest BCUT2D eigenvalue weighted by molar-refractivity contribution is -0.198. The molecule has 0 aliphatic heterocycles. The van der Waals surface area contributed by atoms with Crippen molar-refractivity contribution in [3.8, 4) is 5.75 Å². The molecule has 0 heterocycles. The third-order valence-electron chi connectivity index (χ3n) is 12.1. The largest absolute Gasteiger partial charge is 0.468 e. The summed E-state index contributed by atoms with van der Waals surface area (Å²) in [5.74, 6) is 3.83. The number of nitrogen functional groups attached to an aromatic ring is 2. The maximum atomic E-state index is 13.0. The molecule has 4 aliphatic carbocycles. The summed E-state index contributed by atoms with van der Waals surface area (Å²) in [6, 6.07) is 14.5. The fourth-order valence-electron chi connectivity index (χ4n) is 9.89. The highest BCUT2D eigenvalue weighted by atomic mass is 16.7. The number of hydrogen-bond donors (Lipinski definition) is 2. The summed E-state index contributed by atoms with van der Waals surface area (Å²) in [6.45, 7) is 7.72. The Hall–Kier alpha value is -2.73. The fraction of sp³-hybridized carbons (Fsp3) is 0.629. The zero-order chi connectivity index (χ0) is 28.8. The van der Waals surface area contributed by atoms with Crippen LogP contribution in [0.2, 0.25) is 0 Å². The summed E-state index contributed by atoms with van der Waals surface area (Å²) < 4.78 is 18.8. The van der Waals surface area contributed by atoms with Crippen molar-refractivity contribution in [1.82, 2.24) is 0 Å². The van der Waals surface area contributed by atoms with Crippen LogP contribution in [0.4, 0.5) is 11.4 Å². The number of fused-ring (bicyclic) bond motifs is 5. The van der Waals surface area contributed by atoms with E-state index in [-0.39, 0.29) is 30.4 Å². The minimum absolute atomic E-state index is 0.0797. The van der Waals surface area contributed by atoms with Gasteiger partial charge in [-0.05, 0) is 140 Å². The number of rotatable bonds is 7. The second-order valence-corrected chi connectivity index (χ2v) is 13.9. The highest BCUT2D eigenvalue weighted by Crippen LogP contribution is 2.68. The molecule has 41 heavy (non-hydrogen) atoms. The Morgan fingerprint density at radius 3 is 2.20 bits per heavy atom. The van der Waals surface area contributed by atoms with Gasteiger partial charge in [-0.15, -0.1) is 0 Å². The summed E-state index contributed by atoms with van der Waals surface area (Å²) in [7, 11) is 0. The van der Waals surface area contributed by atoms with E-state index in [1.54, 1.807) is 24.3 Å². The zero-order valence-corrected chi connectivity index (χ0v) is 25.0. The van der Waals surface area contributed by atoms with E-state index >= 15 is 0 Å². The van der Waals surface area contributed by atoms with Crippen molar-refractivity contribution in [2.24, 2.45) is 40.4 Å². The third kappa shape index (κ3) is 5.22. The monoisotopic (exact) mass is 560 g/mol. The zero-order valence-electron chi connectivity index (χ0n) is 25.0. The van der Waals surface area contributed by atoms with Crippen LogP contribution in [0.15, 0.2) is 48.5 Å². The Labute approximate surface area is 245 Å². The van der Waals surface area contributed by atoms with Crippen LogP contribution in [0.1, 0.15) is 88.9 Å². The van der Waals surface area contributed by atoms with E-state index in [1.807, 2.05) is 24.3 Å². The molecular weight excluding hydrogens is 512 g/mol. The van der Waals surface area contributed by atoms with Crippen molar-refractivity contribution >= 4 is 17.3 Å². The topological polar surface area (TPSA) is 96.8 Å². The van der Waals surface area contributed by atoms with Crippen LogP contribution in [-0.2, 0) is 9.47 Å². The van der Waals surface area contributed by atoms with Gasteiger partial charge in [0, 0.05) is 11.4 Å². The number of benzene rings is 2. The van der Waals surface area contributed by atoms with Gasteiger partial charge in [-0.1, -0.05) is 27.2 Å². The van der Waals surface area contributed by atoms with Crippen molar-refractivity contribution in [2.75, 3.05) is 18.3 Å². The first-order chi connectivity index (χ1) is 19.7. The Bertz CT molecular complexity index is 1220. The Morgan fingerprint density at radius 1 is 0.829 bits per heavy atom. The summed E-state index contributed by atoms with van der Waals surface area (Å²) in [6.07, 6.45) is 10.5. The number of carbonyl (C=O) groups excluding carboxylic acids is 1. The lowest BCUT2D eigenvalue weighted by Gasteiger charge is -2.62. The normalized spacial score (nSPS) is 37.9. The van der Waals surface area contributed by atoms with Crippen LogP contribution < -0.4 is 16.2 Å². The molecule has 2 aromatic carbocycles. The molecule has 4 fully saturated rings. The molecule has 0 radical (unpaired) electrons. The minimum Gasteiger partial charge on any atom is -0.468 e. The van der Waals surface area contributed by atoms with Gasteiger partial charge in [0.2, 0.25) is 0 Å². The first kappa shape index (κ1) is 28.4. The molecule has 6 heteroatoms. The van der Waals surface area contributed by atoms with Crippen molar-refractivity contribution < 1.29 is 19.0 Å². The number of ether oxygens (including phenoxy) is 3. The van der Waals surface area contributed by atoms with E-state index in [9.17, 15) is 4.79 Å². The van der Waals surface area contributed by atoms with Crippen LogP contribution in [0.3, 0.4) is 0 Å². The molecule has 0 aromatic heterocycles. The molecular formula is C35H48N2O4. The van der Waals surface area contributed by atoms with E-state index in [0.717, 1.165) is 49.0 Å². The van der Waals surface area contributed by atoms with Crippen LogP contribution in [0.5, 0.6) is 5.75 Å². The molecule has 2 aromatic rings. The summed E-state index contributed by atoms with van der Waals surface area (Å²) in [5.41, 5.74) is 14.2. The van der Waals surface area contributed by atoms with Gasteiger partial charge in [-0.2, -0.15) is 0 Å². The van der Waals surface area contributed by atoms with Crippen LogP contribution in [-0.4, -0.2) is 25.0 Å². The Balaban J connectivity index is 1.22. The van der Waals surface area contributed by atoms with Gasteiger partial charge < -0.3 is 25.7 Å². The molecule has 4 aliphatic rings. The number of esters is 1. The molecule has 4 saturated carbocycles. The van der Waals surface area contributed by atoms with Crippen LogP contribution in [0, 0.1) is 40.4 Å². The van der Waals surface area contributed by atoms with Gasteiger partial charge in [0.25, 0.3) is 0 Å². The smallest absolute Gasteiger partial charge is 0.338 e. The maximum absolute atomic E-state index is 13.0. The average molecular weight is 561 g/mol. The third-order valence-corrected chi connectivity index (χ3v) is 12.1. The van der Waals surface area contributed by atoms with E-state index in [0.29, 0.717) is 34.4 Å². The molecule has 9 atom stereocenters. The van der Waals surface area contributed by atoms with Gasteiger partial charge in [0.15, 0.2) is 6.79 Å². The number of carbonyl (C=O) groups is 1. The van der Waals surface area contributed by atoms with Crippen molar-refractivity contribution in [3.05, 3.63) is 54.1 Å². The van der Waals surface area contributed by atoms with Crippen LogP contribution >= 0.6 is 0 Å². The first-order valence-corrected chi connectivity index (χ1v) is 15.9.